The van der Waals surface area contributed by atoms with Crippen LogP contribution in [0.4, 0.5) is 0 Å². The Labute approximate surface area is 369 Å². The van der Waals surface area contributed by atoms with Gasteiger partial charge in [-0.2, -0.15) is 0 Å². The lowest BCUT2D eigenvalue weighted by Crippen LogP contribution is -2.00. The Morgan fingerprint density at radius 2 is 0.734 bits per heavy atom. The molecule has 0 atom stereocenters. The Bertz CT molecular complexity index is 3950. The van der Waals surface area contributed by atoms with Crippen molar-refractivity contribution in [2.75, 3.05) is 0 Å². The lowest BCUT2D eigenvalue weighted by Gasteiger charge is -2.18. The first-order valence-corrected chi connectivity index (χ1v) is 21.9. The van der Waals surface area contributed by atoms with Gasteiger partial charge in [0.1, 0.15) is 0 Å². The third-order valence-electron chi connectivity index (χ3n) is 13.0. The molecule has 2 heterocycles. The molecule has 0 unspecified atom stereocenters. The van der Waals surface area contributed by atoms with Gasteiger partial charge in [0.15, 0.2) is 0 Å². The van der Waals surface area contributed by atoms with E-state index < -0.39 is 0 Å². The summed E-state index contributed by atoms with van der Waals surface area (Å²) in [5, 5.41) is 13.1. The Balaban J connectivity index is 1.09. The summed E-state index contributed by atoms with van der Waals surface area (Å²) < 4.78 is 0. The number of pyridine rings is 1. The summed E-state index contributed by atoms with van der Waals surface area (Å²) in [4.78, 5) is 16.9. The van der Waals surface area contributed by atoms with E-state index in [1.165, 1.54) is 43.3 Å². The van der Waals surface area contributed by atoms with Crippen molar-refractivity contribution in [1.82, 2.24) is 15.0 Å². The van der Waals surface area contributed by atoms with Crippen LogP contribution in [0.3, 0.4) is 0 Å². The molecule has 13 rings (SSSR count). The van der Waals surface area contributed by atoms with Crippen LogP contribution < -0.4 is 0 Å². The molecule has 3 heteroatoms. The monoisotopic (exact) mass is 811 g/mol. The third-order valence-corrected chi connectivity index (χ3v) is 13.0. The first-order valence-electron chi connectivity index (χ1n) is 21.9. The molecule has 3 nitrogen and oxygen atoms in total. The molecule has 0 aliphatic heterocycles. The van der Waals surface area contributed by atoms with Crippen molar-refractivity contribution < 1.29 is 0 Å². The summed E-state index contributed by atoms with van der Waals surface area (Å²) in [6.07, 6.45) is 0. The number of para-hydroxylation sites is 1. The number of nitrogens with zero attached hydrogens (tertiary/aromatic N) is 3. The molecule has 0 aliphatic rings. The normalized spacial score (nSPS) is 11.8. The second kappa shape index (κ2) is 14.5. The molecule has 0 N–H and O–H groups in total. The Morgan fingerprint density at radius 3 is 1.41 bits per heavy atom. The maximum absolute atomic E-state index is 5.73. The van der Waals surface area contributed by atoms with Crippen molar-refractivity contribution in [2.45, 2.75) is 0 Å². The first kappa shape index (κ1) is 36.2. The van der Waals surface area contributed by atoms with Gasteiger partial charge < -0.3 is 0 Å². The van der Waals surface area contributed by atoms with Gasteiger partial charge in [-0.05, 0) is 78.0 Å². The topological polar surface area (TPSA) is 38.7 Å². The molecule has 0 amide bonds. The maximum atomic E-state index is 5.73. The molecule has 0 saturated carbocycles. The van der Waals surface area contributed by atoms with Gasteiger partial charge in [0.2, 0.25) is 0 Å². The number of benzene rings is 11. The fourth-order valence-electron chi connectivity index (χ4n) is 10.0. The largest absolute Gasteiger partial charge is 0.247 e. The Kier molecular flexibility index (Phi) is 8.22. The predicted octanol–water partition coefficient (Wildman–Crippen LogP) is 16.3. The van der Waals surface area contributed by atoms with Crippen molar-refractivity contribution >= 4 is 75.8 Å². The fraction of sp³-hybridized carbons (Fsp3) is 0. The van der Waals surface area contributed by atoms with Gasteiger partial charge in [-0.3, -0.25) is 0 Å². The van der Waals surface area contributed by atoms with E-state index in [1.54, 1.807) is 0 Å². The molecule has 11 aromatic carbocycles. The van der Waals surface area contributed by atoms with Crippen LogP contribution in [-0.4, -0.2) is 15.0 Å². The SMILES string of the molecule is c1ccc(-c2nc3c(-c4ccc(-c5ccc6c7ccccc7c7ccccc7c6c5)cc4)cc4c(-c5cccc6ccccc56)nc5ccccc5c4c3nc2-c2ccccc2)cc1. The highest BCUT2D eigenvalue weighted by atomic mass is 14.8. The van der Waals surface area contributed by atoms with Crippen LogP contribution in [-0.2, 0) is 0 Å². The molecule has 2 aromatic heterocycles. The molecule has 0 spiro atoms. The van der Waals surface area contributed by atoms with Gasteiger partial charge >= 0.3 is 0 Å². The van der Waals surface area contributed by atoms with Gasteiger partial charge in [0, 0.05) is 38.4 Å². The molecule has 13 aromatic rings. The number of rotatable bonds is 5. The van der Waals surface area contributed by atoms with E-state index in [-0.39, 0.29) is 0 Å². The van der Waals surface area contributed by atoms with Gasteiger partial charge in [0.05, 0.1) is 33.6 Å². The molecule has 0 radical (unpaired) electrons. The summed E-state index contributed by atoms with van der Waals surface area (Å²) in [5.74, 6) is 0. The van der Waals surface area contributed by atoms with Gasteiger partial charge in [-0.15, -0.1) is 0 Å². The van der Waals surface area contributed by atoms with Crippen LogP contribution in [0.15, 0.2) is 224 Å². The highest BCUT2D eigenvalue weighted by Gasteiger charge is 2.23. The van der Waals surface area contributed by atoms with E-state index in [9.17, 15) is 0 Å². The van der Waals surface area contributed by atoms with Crippen LogP contribution in [0, 0.1) is 0 Å². The highest BCUT2D eigenvalue weighted by Crippen LogP contribution is 2.45. The molecular weight excluding hydrogens is 775 g/mol. The van der Waals surface area contributed by atoms with Crippen molar-refractivity contribution in [1.29, 1.82) is 0 Å². The number of fused-ring (bicyclic) bond motifs is 12. The summed E-state index contributed by atoms with van der Waals surface area (Å²) in [6.45, 7) is 0. The average molecular weight is 812 g/mol. The number of aromatic nitrogens is 3. The van der Waals surface area contributed by atoms with E-state index in [0.717, 1.165) is 88.6 Å². The van der Waals surface area contributed by atoms with E-state index >= 15 is 0 Å². The van der Waals surface area contributed by atoms with E-state index in [0.29, 0.717) is 0 Å². The van der Waals surface area contributed by atoms with Crippen LogP contribution >= 0.6 is 0 Å². The summed E-state index contributed by atoms with van der Waals surface area (Å²) in [5.41, 5.74) is 12.8. The van der Waals surface area contributed by atoms with Crippen molar-refractivity contribution in [3.63, 3.8) is 0 Å². The van der Waals surface area contributed by atoms with Crippen LogP contribution in [0.25, 0.3) is 132 Å². The molecule has 0 saturated heterocycles. The minimum atomic E-state index is 0.845. The quantitative estimate of drug-likeness (QED) is 0.163. The van der Waals surface area contributed by atoms with Crippen LogP contribution in [0.2, 0.25) is 0 Å². The predicted molar refractivity (Wildman–Crippen MR) is 270 cm³/mol. The summed E-state index contributed by atoms with van der Waals surface area (Å²) in [7, 11) is 0. The maximum Gasteiger partial charge on any atom is 0.0987 e. The van der Waals surface area contributed by atoms with Crippen molar-refractivity contribution in [3.05, 3.63) is 224 Å². The van der Waals surface area contributed by atoms with Crippen LogP contribution in [0.1, 0.15) is 0 Å². The van der Waals surface area contributed by atoms with Crippen molar-refractivity contribution in [2.24, 2.45) is 0 Å². The smallest absolute Gasteiger partial charge is 0.0987 e. The molecule has 296 valence electrons. The minimum Gasteiger partial charge on any atom is -0.247 e. The van der Waals surface area contributed by atoms with Gasteiger partial charge in [-0.1, -0.05) is 206 Å². The molecule has 64 heavy (non-hydrogen) atoms. The van der Waals surface area contributed by atoms with E-state index in [1.807, 2.05) is 0 Å². The zero-order chi connectivity index (χ0) is 42.1. The minimum absolute atomic E-state index is 0.845. The standard InChI is InChI=1S/C61H37N3/c1-3-17-41(18-4-1)57-58(42-19-5-2-6-20-42)64-61-56-51-27-13-14-29-55(51)62-59(50-28-15-21-39-16-7-8-22-44(39)50)54(56)37-52(60(61)63-57)40-32-30-38(31-33-40)43-34-35-49-47-25-10-9-23-45(47)46-24-11-12-26-48(46)53(49)36-43/h1-37H. The number of hydrogen-bond donors (Lipinski definition) is 0. The second-order valence-electron chi connectivity index (χ2n) is 16.6. The van der Waals surface area contributed by atoms with E-state index in [2.05, 4.69) is 224 Å². The zero-order valence-corrected chi connectivity index (χ0v) is 34.7. The lowest BCUT2D eigenvalue weighted by molar-refractivity contribution is 1.30. The average Bonchev–Trinajstić information content (AvgIpc) is 3.38. The second-order valence-corrected chi connectivity index (χ2v) is 16.6. The Hall–Kier alpha value is -8.53. The lowest BCUT2D eigenvalue weighted by atomic mass is 9.90. The van der Waals surface area contributed by atoms with Crippen molar-refractivity contribution in [3.8, 4) is 56.0 Å². The zero-order valence-electron chi connectivity index (χ0n) is 34.7. The molecule has 0 bridgehead atoms. The summed E-state index contributed by atoms with van der Waals surface area (Å²) in [6, 6.07) is 80.2. The number of hydrogen-bond acceptors (Lipinski definition) is 3. The molecule has 0 fully saturated rings. The van der Waals surface area contributed by atoms with Gasteiger partial charge in [-0.25, -0.2) is 15.0 Å². The highest BCUT2D eigenvalue weighted by molar-refractivity contribution is 6.26. The first-order chi connectivity index (χ1) is 31.7. The van der Waals surface area contributed by atoms with Crippen LogP contribution in [0.5, 0.6) is 0 Å². The third kappa shape index (κ3) is 5.72. The van der Waals surface area contributed by atoms with Gasteiger partial charge in [0.25, 0.3) is 0 Å². The fourth-order valence-corrected chi connectivity index (χ4v) is 10.0. The molecular formula is C61H37N3. The van der Waals surface area contributed by atoms with E-state index in [4.69, 9.17) is 15.0 Å². The molecule has 0 aliphatic carbocycles. The summed E-state index contributed by atoms with van der Waals surface area (Å²) >= 11 is 0. The Morgan fingerprint density at radius 1 is 0.234 bits per heavy atom.